The van der Waals surface area contributed by atoms with Crippen molar-refractivity contribution in [3.8, 4) is 0 Å². The van der Waals surface area contributed by atoms with Crippen molar-refractivity contribution in [2.45, 2.75) is 13.3 Å². The fourth-order valence-electron chi connectivity index (χ4n) is 3.14. The van der Waals surface area contributed by atoms with Gasteiger partial charge >= 0.3 is 6.03 Å². The summed E-state index contributed by atoms with van der Waals surface area (Å²) < 4.78 is 0. The van der Waals surface area contributed by atoms with E-state index in [1.54, 1.807) is 24.3 Å². The molecule has 0 bridgehead atoms. The molecule has 2 N–H and O–H groups in total. The Labute approximate surface area is 171 Å². The van der Waals surface area contributed by atoms with Gasteiger partial charge in [-0.05, 0) is 31.2 Å². The second-order valence-electron chi connectivity index (χ2n) is 6.76. The summed E-state index contributed by atoms with van der Waals surface area (Å²) in [5.74, 6) is -5.57. The van der Waals surface area contributed by atoms with Crippen LogP contribution in [0.3, 0.4) is 0 Å². The van der Waals surface area contributed by atoms with Crippen LogP contribution in [0.4, 0.5) is 4.79 Å². The first-order valence-corrected chi connectivity index (χ1v) is 9.19. The van der Waals surface area contributed by atoms with Gasteiger partial charge in [-0.25, -0.2) is 4.79 Å². The molecule has 0 spiro atoms. The number of rotatable bonds is 6. The number of barbiturate groups is 1. The number of urea groups is 1. The predicted molar refractivity (Wildman–Crippen MR) is 105 cm³/mol. The smallest absolute Gasteiger partial charge is 0.294 e. The first-order chi connectivity index (χ1) is 13.8. The van der Waals surface area contributed by atoms with Crippen molar-refractivity contribution in [1.29, 1.82) is 0 Å². The van der Waals surface area contributed by atoms with E-state index >= 15 is 0 Å². The summed E-state index contributed by atoms with van der Waals surface area (Å²) in [6.45, 7) is 1.87. The summed E-state index contributed by atoms with van der Waals surface area (Å²) in [7, 11) is 0. The Balaban J connectivity index is 1.95. The van der Waals surface area contributed by atoms with E-state index in [1.165, 1.54) is 24.3 Å². The van der Waals surface area contributed by atoms with Crippen molar-refractivity contribution in [3.63, 3.8) is 0 Å². The first kappa shape index (κ1) is 20.4. The number of halogens is 1. The lowest BCUT2D eigenvalue weighted by Crippen LogP contribution is -2.58. The van der Waals surface area contributed by atoms with Crippen molar-refractivity contribution in [2.75, 3.05) is 0 Å². The lowest BCUT2D eigenvalue weighted by molar-refractivity contribution is -0.137. The highest BCUT2D eigenvalue weighted by Crippen LogP contribution is 2.26. The Hall–Kier alpha value is -3.32. The average molecular weight is 413 g/mol. The molecule has 0 radical (unpaired) electrons. The Bertz CT molecular complexity index is 979. The van der Waals surface area contributed by atoms with Crippen molar-refractivity contribution in [1.82, 2.24) is 10.6 Å². The molecule has 7 nitrogen and oxygen atoms in total. The number of nitrogens with one attached hydrogen (secondary N) is 2. The normalized spacial score (nSPS) is 15.4. The molecule has 0 aromatic heterocycles. The summed E-state index contributed by atoms with van der Waals surface area (Å²) in [4.78, 5) is 61.9. The van der Waals surface area contributed by atoms with Gasteiger partial charge in [-0.1, -0.05) is 41.4 Å². The fraction of sp³-hybridized carbons (Fsp3) is 0.190. The van der Waals surface area contributed by atoms with Crippen LogP contribution in [0.2, 0.25) is 5.02 Å². The minimum Gasteiger partial charge on any atom is -0.294 e. The summed E-state index contributed by atoms with van der Waals surface area (Å²) in [6.07, 6.45) is -0.371. The third kappa shape index (κ3) is 4.57. The topological polar surface area (TPSA) is 109 Å². The molecule has 0 saturated carbocycles. The van der Waals surface area contributed by atoms with Crippen molar-refractivity contribution in [3.05, 3.63) is 70.2 Å². The van der Waals surface area contributed by atoms with Gasteiger partial charge in [0.15, 0.2) is 11.6 Å². The second kappa shape index (κ2) is 8.36. The number of Topliss-reactive ketones (excluding diaryl/α,β-unsaturated/α-hetero) is 2. The van der Waals surface area contributed by atoms with E-state index in [0.29, 0.717) is 10.6 Å². The number of benzene rings is 2. The van der Waals surface area contributed by atoms with Crippen LogP contribution in [0.1, 0.15) is 32.7 Å². The number of ketones is 2. The van der Waals surface area contributed by atoms with E-state index in [2.05, 4.69) is 0 Å². The predicted octanol–water partition coefficient (Wildman–Crippen LogP) is 2.70. The van der Waals surface area contributed by atoms with E-state index in [9.17, 15) is 24.0 Å². The van der Waals surface area contributed by atoms with Crippen LogP contribution in [0.5, 0.6) is 0 Å². The lowest BCUT2D eigenvalue weighted by atomic mass is 9.79. The molecule has 8 heteroatoms. The van der Waals surface area contributed by atoms with Crippen molar-refractivity contribution < 1.29 is 24.0 Å². The third-order valence-corrected chi connectivity index (χ3v) is 4.94. The van der Waals surface area contributed by atoms with Crippen LogP contribution >= 0.6 is 11.6 Å². The molecule has 1 saturated heterocycles. The van der Waals surface area contributed by atoms with Crippen LogP contribution in [-0.2, 0) is 9.59 Å². The summed E-state index contributed by atoms with van der Waals surface area (Å²) in [5.41, 5.74) is 1.52. The van der Waals surface area contributed by atoms with Gasteiger partial charge in [0.05, 0.1) is 5.92 Å². The average Bonchev–Trinajstić information content (AvgIpc) is 2.67. The Morgan fingerprint density at radius 3 is 1.97 bits per heavy atom. The molecular weight excluding hydrogens is 396 g/mol. The number of amides is 4. The number of carbonyl (C=O) groups excluding carboxylic acids is 5. The van der Waals surface area contributed by atoms with Gasteiger partial charge < -0.3 is 0 Å². The van der Waals surface area contributed by atoms with Gasteiger partial charge in [0, 0.05) is 22.6 Å². The maximum atomic E-state index is 13.1. The summed E-state index contributed by atoms with van der Waals surface area (Å²) in [6, 6.07) is 11.7. The lowest BCUT2D eigenvalue weighted by Gasteiger charge is -2.27. The first-order valence-electron chi connectivity index (χ1n) is 8.81. The van der Waals surface area contributed by atoms with Gasteiger partial charge in [-0.3, -0.25) is 29.8 Å². The maximum absolute atomic E-state index is 13.1. The molecule has 1 aliphatic heterocycles. The highest BCUT2D eigenvalue weighted by atomic mass is 35.5. The van der Waals surface area contributed by atoms with Crippen LogP contribution in [-0.4, -0.2) is 29.4 Å². The van der Waals surface area contributed by atoms with Crippen LogP contribution in [0.25, 0.3) is 0 Å². The van der Waals surface area contributed by atoms with E-state index in [1.807, 2.05) is 17.6 Å². The molecule has 29 heavy (non-hydrogen) atoms. The molecule has 0 aliphatic carbocycles. The highest BCUT2D eigenvalue weighted by molar-refractivity contribution is 6.30. The molecule has 3 rings (SSSR count). The molecule has 2 aromatic carbocycles. The SMILES string of the molecule is Cc1ccc(C(=O)CC(C(=O)c2ccc(Cl)cc2)C2C(=O)NC(=O)NC2=O)cc1. The van der Waals surface area contributed by atoms with E-state index in [-0.39, 0.29) is 12.0 Å². The van der Waals surface area contributed by atoms with Gasteiger partial charge in [-0.2, -0.15) is 0 Å². The zero-order chi connectivity index (χ0) is 21.1. The van der Waals surface area contributed by atoms with Gasteiger partial charge in [0.25, 0.3) is 0 Å². The Morgan fingerprint density at radius 1 is 0.897 bits per heavy atom. The largest absolute Gasteiger partial charge is 0.328 e. The number of hydrogen-bond acceptors (Lipinski definition) is 5. The van der Waals surface area contributed by atoms with Crippen molar-refractivity contribution >= 4 is 41.0 Å². The third-order valence-electron chi connectivity index (χ3n) is 4.69. The van der Waals surface area contributed by atoms with Crippen LogP contribution in [0.15, 0.2) is 48.5 Å². The highest BCUT2D eigenvalue weighted by Gasteiger charge is 2.44. The molecule has 1 fully saturated rings. The molecule has 1 heterocycles. The monoisotopic (exact) mass is 412 g/mol. The van der Waals surface area contributed by atoms with Crippen LogP contribution in [0, 0.1) is 18.8 Å². The van der Waals surface area contributed by atoms with Gasteiger partial charge in [0.2, 0.25) is 11.8 Å². The summed E-state index contributed by atoms with van der Waals surface area (Å²) in [5, 5.41) is 4.37. The minimum atomic E-state index is -1.51. The van der Waals surface area contributed by atoms with Gasteiger partial charge in [-0.15, -0.1) is 0 Å². The Kier molecular flexibility index (Phi) is 5.89. The molecule has 1 atom stereocenters. The van der Waals surface area contributed by atoms with E-state index < -0.39 is 41.2 Å². The van der Waals surface area contributed by atoms with Gasteiger partial charge in [0.1, 0.15) is 5.92 Å². The Morgan fingerprint density at radius 2 is 1.41 bits per heavy atom. The molecule has 2 aromatic rings. The number of hydrogen-bond donors (Lipinski definition) is 2. The standard InChI is InChI=1S/C21H17ClN2O5/c1-11-2-4-12(5-3-11)16(25)10-15(17-19(27)23-21(29)24-20(17)28)18(26)13-6-8-14(22)9-7-13/h2-9,15,17H,10H2,1H3,(H2,23,24,27,28,29). The molecule has 1 aliphatic rings. The molecule has 1 unspecified atom stereocenters. The van der Waals surface area contributed by atoms with Crippen LogP contribution < -0.4 is 10.6 Å². The molecular formula is C21H17ClN2O5. The zero-order valence-electron chi connectivity index (χ0n) is 15.4. The van der Waals surface area contributed by atoms with Crippen molar-refractivity contribution in [2.24, 2.45) is 11.8 Å². The van der Waals surface area contributed by atoms with E-state index in [4.69, 9.17) is 11.6 Å². The number of aryl methyl sites for hydroxylation is 1. The molecule has 4 amide bonds. The van der Waals surface area contributed by atoms with E-state index in [0.717, 1.165) is 5.56 Å². The summed E-state index contributed by atoms with van der Waals surface area (Å²) >= 11 is 5.85. The number of carbonyl (C=O) groups is 5. The molecule has 148 valence electrons. The zero-order valence-corrected chi connectivity index (χ0v) is 16.2. The second-order valence-corrected chi connectivity index (χ2v) is 7.19. The minimum absolute atomic E-state index is 0.202. The maximum Gasteiger partial charge on any atom is 0.328 e. The number of imide groups is 2. The quantitative estimate of drug-likeness (QED) is 0.560. The fourth-order valence-corrected chi connectivity index (χ4v) is 3.27.